The first-order chi connectivity index (χ1) is 10.9. The van der Waals surface area contributed by atoms with Crippen LogP contribution >= 0.6 is 0 Å². The molecule has 2 atom stereocenters. The molecule has 1 fully saturated rings. The first-order valence-corrected chi connectivity index (χ1v) is 8.63. The Morgan fingerprint density at radius 1 is 1.39 bits per heavy atom. The summed E-state index contributed by atoms with van der Waals surface area (Å²) in [5.74, 6) is 1.87. The van der Waals surface area contributed by atoms with Crippen molar-refractivity contribution >= 4 is 5.91 Å². The van der Waals surface area contributed by atoms with Crippen molar-refractivity contribution in [3.8, 4) is 5.75 Å². The van der Waals surface area contributed by atoms with Gasteiger partial charge in [-0.2, -0.15) is 0 Å². The molecule has 1 N–H and O–H groups in total. The van der Waals surface area contributed by atoms with E-state index in [1.165, 1.54) is 0 Å². The van der Waals surface area contributed by atoms with Gasteiger partial charge >= 0.3 is 0 Å². The van der Waals surface area contributed by atoms with Crippen molar-refractivity contribution in [1.29, 1.82) is 0 Å². The van der Waals surface area contributed by atoms with E-state index < -0.39 is 6.10 Å². The van der Waals surface area contributed by atoms with Gasteiger partial charge in [-0.3, -0.25) is 4.79 Å². The zero-order valence-electron chi connectivity index (χ0n) is 15.1. The summed E-state index contributed by atoms with van der Waals surface area (Å²) in [6.45, 7) is 10.8. The number of hydrogen-bond donors (Lipinski definition) is 1. The van der Waals surface area contributed by atoms with Gasteiger partial charge in [0, 0.05) is 13.1 Å². The Morgan fingerprint density at radius 2 is 2.13 bits per heavy atom. The predicted octanol–water partition coefficient (Wildman–Crippen LogP) is 2.95. The first-order valence-electron chi connectivity index (χ1n) is 8.63. The number of rotatable bonds is 6. The van der Waals surface area contributed by atoms with E-state index in [0.29, 0.717) is 11.8 Å². The summed E-state index contributed by atoms with van der Waals surface area (Å²) in [5, 5.41) is 3.20. The van der Waals surface area contributed by atoms with Crippen molar-refractivity contribution in [3.63, 3.8) is 0 Å². The number of benzene rings is 1. The average Bonchev–Trinajstić information content (AvgIpc) is 2.95. The quantitative estimate of drug-likeness (QED) is 0.877. The molecule has 0 saturated carbocycles. The second-order valence-corrected chi connectivity index (χ2v) is 6.95. The molecule has 0 bridgehead atoms. The Kier molecular flexibility index (Phi) is 6.05. The van der Waals surface area contributed by atoms with Crippen molar-refractivity contribution in [2.75, 3.05) is 26.7 Å². The van der Waals surface area contributed by atoms with Crippen molar-refractivity contribution in [3.05, 3.63) is 29.3 Å². The summed E-state index contributed by atoms with van der Waals surface area (Å²) >= 11 is 0. The van der Waals surface area contributed by atoms with Crippen LogP contribution in [0.4, 0.5) is 0 Å². The van der Waals surface area contributed by atoms with E-state index in [1.54, 1.807) is 0 Å². The molecule has 0 unspecified atom stereocenters. The second-order valence-electron chi connectivity index (χ2n) is 6.95. The number of nitrogens with one attached hydrogen (secondary N) is 1. The minimum absolute atomic E-state index is 0.0971. The summed E-state index contributed by atoms with van der Waals surface area (Å²) < 4.78 is 6.05. The normalized spacial score (nSPS) is 19.2. The molecule has 1 aromatic carbocycles. The monoisotopic (exact) mass is 318 g/mol. The Morgan fingerprint density at radius 3 is 2.78 bits per heavy atom. The Labute approximate surface area is 140 Å². The van der Waals surface area contributed by atoms with Crippen molar-refractivity contribution < 1.29 is 9.53 Å². The van der Waals surface area contributed by atoms with Gasteiger partial charge in [0.2, 0.25) is 0 Å². The van der Waals surface area contributed by atoms with E-state index in [9.17, 15) is 4.79 Å². The number of ether oxygens (including phenoxy) is 1. The van der Waals surface area contributed by atoms with Crippen molar-refractivity contribution in [2.45, 2.75) is 46.1 Å². The van der Waals surface area contributed by atoms with E-state index in [2.05, 4.69) is 31.3 Å². The highest BCUT2D eigenvalue weighted by Gasteiger charge is 2.29. The molecule has 0 spiro atoms. The largest absolute Gasteiger partial charge is 0.481 e. The molecular weight excluding hydrogens is 288 g/mol. The van der Waals surface area contributed by atoms with Crippen molar-refractivity contribution in [1.82, 2.24) is 10.2 Å². The number of aryl methyl sites for hydroxylation is 1. The fourth-order valence-corrected chi connectivity index (χ4v) is 3.21. The lowest BCUT2D eigenvalue weighted by molar-refractivity contribution is -0.137. The Bertz CT molecular complexity index is 542. The second kappa shape index (κ2) is 7.82. The van der Waals surface area contributed by atoms with E-state index >= 15 is 0 Å². The Hall–Kier alpha value is -1.55. The fraction of sp³-hybridized carbons (Fsp3) is 0.632. The SMILES string of the molecule is CNC[C@H]1CCN(C(=O)[C@H](C)Oc2cc(C)ccc2C(C)C)C1. The van der Waals surface area contributed by atoms with E-state index in [4.69, 9.17) is 4.74 Å². The molecule has 0 radical (unpaired) electrons. The average molecular weight is 318 g/mol. The molecule has 1 heterocycles. The Balaban J connectivity index is 2.03. The number of carbonyl (C=O) groups excluding carboxylic acids is 1. The number of amides is 1. The van der Waals surface area contributed by atoms with Gasteiger partial charge in [-0.1, -0.05) is 26.0 Å². The van der Waals surface area contributed by atoms with Crippen LogP contribution in [0.1, 0.15) is 44.2 Å². The van der Waals surface area contributed by atoms with Crippen LogP contribution in [0.5, 0.6) is 5.75 Å². The van der Waals surface area contributed by atoms with Crippen LogP contribution in [0, 0.1) is 12.8 Å². The number of carbonyl (C=O) groups is 1. The van der Waals surface area contributed by atoms with Gasteiger partial charge in [-0.25, -0.2) is 0 Å². The highest BCUT2D eigenvalue weighted by atomic mass is 16.5. The van der Waals surface area contributed by atoms with Crippen LogP contribution in [-0.2, 0) is 4.79 Å². The maximum Gasteiger partial charge on any atom is 0.263 e. The summed E-state index contributed by atoms with van der Waals surface area (Å²) in [4.78, 5) is 14.6. The number of nitrogens with zero attached hydrogens (tertiary/aromatic N) is 1. The van der Waals surface area contributed by atoms with Crippen LogP contribution in [0.25, 0.3) is 0 Å². The zero-order valence-corrected chi connectivity index (χ0v) is 15.1. The minimum atomic E-state index is -0.442. The topological polar surface area (TPSA) is 41.6 Å². The third-order valence-corrected chi connectivity index (χ3v) is 4.53. The summed E-state index contributed by atoms with van der Waals surface area (Å²) in [7, 11) is 1.96. The van der Waals surface area contributed by atoms with Gasteiger partial charge < -0.3 is 15.0 Å². The van der Waals surface area contributed by atoms with Gasteiger partial charge in [0.15, 0.2) is 6.10 Å². The molecule has 4 nitrogen and oxygen atoms in total. The highest BCUT2D eigenvalue weighted by Crippen LogP contribution is 2.29. The van der Waals surface area contributed by atoms with Crippen molar-refractivity contribution in [2.24, 2.45) is 5.92 Å². The van der Waals surface area contributed by atoms with E-state index in [-0.39, 0.29) is 5.91 Å². The van der Waals surface area contributed by atoms with Gasteiger partial charge in [-0.05, 0) is 62.9 Å². The molecular formula is C19H30N2O2. The molecule has 0 aromatic heterocycles. The van der Waals surface area contributed by atoms with Crippen LogP contribution in [0.2, 0.25) is 0 Å². The molecule has 0 aliphatic carbocycles. The third-order valence-electron chi connectivity index (χ3n) is 4.53. The summed E-state index contributed by atoms with van der Waals surface area (Å²) in [6, 6.07) is 6.23. The third kappa shape index (κ3) is 4.47. The highest BCUT2D eigenvalue weighted by molar-refractivity contribution is 5.81. The number of likely N-dealkylation sites (tertiary alicyclic amines) is 1. The summed E-state index contributed by atoms with van der Waals surface area (Å²) in [5.41, 5.74) is 2.31. The van der Waals surface area contributed by atoms with Crippen LogP contribution in [-0.4, -0.2) is 43.6 Å². The van der Waals surface area contributed by atoms with Gasteiger partial charge in [0.1, 0.15) is 5.75 Å². The minimum Gasteiger partial charge on any atom is -0.481 e. The molecule has 1 saturated heterocycles. The van der Waals surface area contributed by atoms with Crippen LogP contribution < -0.4 is 10.1 Å². The maximum absolute atomic E-state index is 12.6. The smallest absolute Gasteiger partial charge is 0.263 e. The lowest BCUT2D eigenvalue weighted by Gasteiger charge is -2.24. The zero-order chi connectivity index (χ0) is 17.0. The van der Waals surface area contributed by atoms with Crippen LogP contribution in [0.3, 0.4) is 0 Å². The molecule has 1 aliphatic heterocycles. The van der Waals surface area contributed by atoms with Gasteiger partial charge in [-0.15, -0.1) is 0 Å². The van der Waals surface area contributed by atoms with E-state index in [1.807, 2.05) is 31.9 Å². The molecule has 1 aromatic rings. The van der Waals surface area contributed by atoms with Gasteiger partial charge in [0.05, 0.1) is 0 Å². The molecule has 1 aliphatic rings. The summed E-state index contributed by atoms with van der Waals surface area (Å²) in [6.07, 6.45) is 0.628. The lowest BCUT2D eigenvalue weighted by Crippen LogP contribution is -2.39. The van der Waals surface area contributed by atoms with Gasteiger partial charge in [0.25, 0.3) is 5.91 Å². The standard InChI is InChI=1S/C19H30N2O2/c1-13(2)17-7-6-14(3)10-18(17)23-15(4)19(22)21-9-8-16(12-21)11-20-5/h6-7,10,13,15-16,20H,8-9,11-12H2,1-5H3/t15-,16+/m0/s1. The molecule has 1 amide bonds. The maximum atomic E-state index is 12.6. The fourth-order valence-electron chi connectivity index (χ4n) is 3.21. The predicted molar refractivity (Wildman–Crippen MR) is 94.0 cm³/mol. The number of hydrogen-bond acceptors (Lipinski definition) is 3. The lowest BCUT2D eigenvalue weighted by atomic mass is 10.0. The van der Waals surface area contributed by atoms with E-state index in [0.717, 1.165) is 42.9 Å². The molecule has 23 heavy (non-hydrogen) atoms. The van der Waals surface area contributed by atoms with Crippen LogP contribution in [0.15, 0.2) is 18.2 Å². The molecule has 128 valence electrons. The first kappa shape index (κ1) is 17.8. The molecule has 2 rings (SSSR count). The molecule has 4 heteroatoms.